The molecule has 0 N–H and O–H groups in total. The van der Waals surface area contributed by atoms with Gasteiger partial charge in [-0.3, -0.25) is 10.1 Å². The van der Waals surface area contributed by atoms with Crippen molar-refractivity contribution in [3.05, 3.63) is 69.4 Å². The predicted octanol–water partition coefficient (Wildman–Crippen LogP) is 4.90. The fraction of sp³-hybridized carbons (Fsp3) is 0.0625. The summed E-state index contributed by atoms with van der Waals surface area (Å²) in [5, 5.41) is 13.1. The molecule has 22 heavy (non-hydrogen) atoms. The molecule has 1 aromatic heterocycles. The van der Waals surface area contributed by atoms with E-state index in [1.54, 1.807) is 19.1 Å². The lowest BCUT2D eigenvalue weighted by Gasteiger charge is -2.10. The molecule has 110 valence electrons. The fourth-order valence-corrected chi connectivity index (χ4v) is 2.41. The number of pyridine rings is 1. The molecule has 0 radical (unpaired) electrons. The smallest absolute Gasteiger partial charge is 0.288 e. The lowest BCUT2D eigenvalue weighted by atomic mass is 10.1. The first kappa shape index (κ1) is 14.3. The highest BCUT2D eigenvalue weighted by molar-refractivity contribution is 6.35. The van der Waals surface area contributed by atoms with Crippen LogP contribution in [-0.4, -0.2) is 9.91 Å². The molecule has 0 atom stereocenters. The van der Waals surface area contributed by atoms with Gasteiger partial charge in [-0.25, -0.2) is 4.98 Å². The molecular formula is C16H11ClN2O3. The lowest BCUT2D eigenvalue weighted by Crippen LogP contribution is -1.95. The maximum atomic E-state index is 10.7. The zero-order valence-corrected chi connectivity index (χ0v) is 12.4. The summed E-state index contributed by atoms with van der Waals surface area (Å²) in [6, 6.07) is 12.5. The minimum atomic E-state index is -0.485. The molecule has 0 amide bonds. The molecule has 5 nitrogen and oxygen atoms in total. The second kappa shape index (κ2) is 5.61. The Morgan fingerprint density at radius 2 is 1.91 bits per heavy atom. The van der Waals surface area contributed by atoms with Gasteiger partial charge in [-0.1, -0.05) is 35.9 Å². The number of halogens is 1. The zero-order chi connectivity index (χ0) is 15.7. The van der Waals surface area contributed by atoms with Gasteiger partial charge < -0.3 is 4.74 Å². The Morgan fingerprint density at radius 3 is 2.59 bits per heavy atom. The first-order chi connectivity index (χ1) is 10.6. The van der Waals surface area contributed by atoms with Gasteiger partial charge in [0.2, 0.25) is 5.88 Å². The van der Waals surface area contributed by atoms with E-state index in [0.29, 0.717) is 22.2 Å². The van der Waals surface area contributed by atoms with Crippen LogP contribution in [0.5, 0.6) is 11.6 Å². The van der Waals surface area contributed by atoms with Gasteiger partial charge in [-0.2, -0.15) is 0 Å². The molecule has 3 rings (SSSR count). The Balaban J connectivity index is 2.04. The minimum Gasteiger partial charge on any atom is -0.438 e. The van der Waals surface area contributed by atoms with Crippen LogP contribution in [0.15, 0.2) is 48.7 Å². The molecule has 3 aromatic rings. The van der Waals surface area contributed by atoms with E-state index in [9.17, 15) is 10.1 Å². The van der Waals surface area contributed by atoms with Crippen molar-refractivity contribution in [3.63, 3.8) is 0 Å². The van der Waals surface area contributed by atoms with Gasteiger partial charge in [0.15, 0.2) is 0 Å². The summed E-state index contributed by atoms with van der Waals surface area (Å²) in [6.07, 6.45) is 1.18. The van der Waals surface area contributed by atoms with Gasteiger partial charge in [0.1, 0.15) is 11.9 Å². The fourth-order valence-electron chi connectivity index (χ4n) is 2.18. The molecular weight excluding hydrogens is 304 g/mol. The van der Waals surface area contributed by atoms with E-state index in [1.807, 2.05) is 24.3 Å². The lowest BCUT2D eigenvalue weighted by molar-refractivity contribution is -0.385. The average Bonchev–Trinajstić information content (AvgIpc) is 2.52. The third-order valence-corrected chi connectivity index (χ3v) is 3.59. The topological polar surface area (TPSA) is 65.3 Å². The first-order valence-corrected chi connectivity index (χ1v) is 6.90. The van der Waals surface area contributed by atoms with E-state index in [-0.39, 0.29) is 5.69 Å². The number of nitro groups is 1. The number of rotatable bonds is 3. The van der Waals surface area contributed by atoms with E-state index in [2.05, 4.69) is 4.98 Å². The van der Waals surface area contributed by atoms with Crippen LogP contribution in [0.3, 0.4) is 0 Å². The summed E-state index contributed by atoms with van der Waals surface area (Å²) in [4.78, 5) is 14.3. The molecule has 0 fully saturated rings. The summed E-state index contributed by atoms with van der Waals surface area (Å²) < 4.78 is 5.82. The molecule has 0 unspecified atom stereocenters. The first-order valence-electron chi connectivity index (χ1n) is 6.52. The molecule has 0 spiro atoms. The van der Waals surface area contributed by atoms with Crippen LogP contribution in [0.1, 0.15) is 5.56 Å². The molecule has 2 aromatic carbocycles. The largest absolute Gasteiger partial charge is 0.438 e. The Labute approximate surface area is 131 Å². The van der Waals surface area contributed by atoms with E-state index in [1.165, 1.54) is 12.3 Å². The molecule has 0 bridgehead atoms. The molecule has 1 heterocycles. The number of ether oxygens (including phenoxy) is 1. The van der Waals surface area contributed by atoms with Gasteiger partial charge in [0.05, 0.1) is 4.92 Å². The summed E-state index contributed by atoms with van der Waals surface area (Å²) in [7, 11) is 0. The van der Waals surface area contributed by atoms with Crippen molar-refractivity contribution < 1.29 is 9.66 Å². The minimum absolute atomic E-state index is 0.0641. The molecule has 6 heteroatoms. The molecule has 0 aliphatic heterocycles. The number of benzene rings is 2. The summed E-state index contributed by atoms with van der Waals surface area (Å²) in [5.41, 5.74) is 0.527. The average molecular weight is 315 g/mol. The van der Waals surface area contributed by atoms with Crippen LogP contribution in [-0.2, 0) is 0 Å². The highest BCUT2D eigenvalue weighted by Crippen LogP contribution is 2.34. The molecule has 0 aliphatic carbocycles. The second-order valence-corrected chi connectivity index (χ2v) is 5.17. The highest BCUT2D eigenvalue weighted by atomic mass is 35.5. The number of hydrogen-bond donors (Lipinski definition) is 0. The van der Waals surface area contributed by atoms with Crippen molar-refractivity contribution in [3.8, 4) is 11.6 Å². The maximum Gasteiger partial charge on any atom is 0.288 e. The Hall–Kier alpha value is -2.66. The zero-order valence-electron chi connectivity index (χ0n) is 11.6. The van der Waals surface area contributed by atoms with Crippen LogP contribution in [0.2, 0.25) is 5.02 Å². The van der Waals surface area contributed by atoms with E-state index >= 15 is 0 Å². The number of nitrogens with zero attached hydrogens (tertiary/aromatic N) is 2. The Bertz CT molecular complexity index is 880. The molecule has 0 saturated carbocycles. The number of hydrogen-bond acceptors (Lipinski definition) is 4. The van der Waals surface area contributed by atoms with E-state index < -0.39 is 4.92 Å². The predicted molar refractivity (Wildman–Crippen MR) is 84.7 cm³/mol. The van der Waals surface area contributed by atoms with Gasteiger partial charge in [-0.05, 0) is 19.1 Å². The van der Waals surface area contributed by atoms with Crippen LogP contribution >= 0.6 is 11.6 Å². The third-order valence-electron chi connectivity index (χ3n) is 3.26. The normalized spacial score (nSPS) is 10.6. The third kappa shape index (κ3) is 2.58. The monoisotopic (exact) mass is 314 g/mol. The van der Waals surface area contributed by atoms with Crippen LogP contribution in [0, 0.1) is 17.0 Å². The number of aryl methyl sites for hydroxylation is 1. The van der Waals surface area contributed by atoms with Crippen molar-refractivity contribution in [1.82, 2.24) is 4.98 Å². The second-order valence-electron chi connectivity index (χ2n) is 4.77. The Morgan fingerprint density at radius 1 is 1.18 bits per heavy atom. The number of aromatic nitrogens is 1. The standard InChI is InChI=1S/C16H11ClN2O3/c1-10-8-11(19(20)21)9-18-16(10)22-15-7-6-14(17)12-4-2-3-5-13(12)15/h2-9H,1H3. The van der Waals surface area contributed by atoms with Gasteiger partial charge in [-0.15, -0.1) is 0 Å². The van der Waals surface area contributed by atoms with Crippen LogP contribution < -0.4 is 4.74 Å². The SMILES string of the molecule is Cc1cc([N+](=O)[O-])cnc1Oc1ccc(Cl)c2ccccc12. The van der Waals surface area contributed by atoms with Gasteiger partial charge in [0, 0.05) is 27.4 Å². The number of fused-ring (bicyclic) bond motifs is 1. The maximum absolute atomic E-state index is 10.7. The Kier molecular flexibility index (Phi) is 3.65. The van der Waals surface area contributed by atoms with Crippen molar-refractivity contribution in [2.75, 3.05) is 0 Å². The summed E-state index contributed by atoms with van der Waals surface area (Å²) >= 11 is 6.17. The van der Waals surface area contributed by atoms with Crippen molar-refractivity contribution in [1.29, 1.82) is 0 Å². The van der Waals surface area contributed by atoms with Gasteiger partial charge >= 0.3 is 0 Å². The molecule has 0 saturated heterocycles. The van der Waals surface area contributed by atoms with Crippen molar-refractivity contribution in [2.45, 2.75) is 6.92 Å². The van der Waals surface area contributed by atoms with E-state index in [4.69, 9.17) is 16.3 Å². The molecule has 0 aliphatic rings. The van der Waals surface area contributed by atoms with Crippen LogP contribution in [0.4, 0.5) is 5.69 Å². The van der Waals surface area contributed by atoms with Crippen molar-refractivity contribution >= 4 is 28.1 Å². The summed E-state index contributed by atoms with van der Waals surface area (Å²) in [6.45, 7) is 1.72. The van der Waals surface area contributed by atoms with Crippen molar-refractivity contribution in [2.24, 2.45) is 0 Å². The van der Waals surface area contributed by atoms with E-state index in [0.717, 1.165) is 10.8 Å². The quantitative estimate of drug-likeness (QED) is 0.509. The van der Waals surface area contributed by atoms with Gasteiger partial charge in [0.25, 0.3) is 5.69 Å². The summed E-state index contributed by atoms with van der Waals surface area (Å²) in [5.74, 6) is 0.933. The van der Waals surface area contributed by atoms with Crippen LogP contribution in [0.25, 0.3) is 10.8 Å². The highest BCUT2D eigenvalue weighted by Gasteiger charge is 2.13.